The van der Waals surface area contributed by atoms with Gasteiger partial charge in [-0.15, -0.1) is 0 Å². The Morgan fingerprint density at radius 3 is 2.69 bits per heavy atom. The van der Waals surface area contributed by atoms with Crippen molar-refractivity contribution in [1.82, 2.24) is 9.97 Å². The molecule has 1 aliphatic heterocycles. The lowest BCUT2D eigenvalue weighted by molar-refractivity contribution is -0.143. The summed E-state index contributed by atoms with van der Waals surface area (Å²) in [6.07, 6.45) is -0.290. The standard InChI is InChI=1S/C21H25N3O4S/c1-6-29-21-23-18-17(19(25)24-21)16(13-9-7-8-10-14(13)27-5)15(12(4)22-18)20(26)28-11(2)3/h7-11,16H,6H2,1-5H3,(H2,22,23,24,25). The summed E-state index contributed by atoms with van der Waals surface area (Å²) in [5, 5.41) is 3.67. The Morgan fingerprint density at radius 2 is 2.03 bits per heavy atom. The number of rotatable bonds is 6. The number of esters is 1. The van der Waals surface area contributed by atoms with Gasteiger partial charge in [-0.1, -0.05) is 36.9 Å². The van der Waals surface area contributed by atoms with Crippen LogP contribution in [0.15, 0.2) is 45.5 Å². The van der Waals surface area contributed by atoms with Gasteiger partial charge in [-0.2, -0.15) is 0 Å². The van der Waals surface area contributed by atoms with Crippen LogP contribution in [0.2, 0.25) is 0 Å². The zero-order valence-corrected chi connectivity index (χ0v) is 18.0. The molecule has 2 heterocycles. The molecule has 1 aromatic carbocycles. The maximum Gasteiger partial charge on any atom is 0.337 e. The first-order valence-electron chi connectivity index (χ1n) is 9.46. The average Bonchev–Trinajstić information content (AvgIpc) is 2.66. The molecule has 1 aromatic heterocycles. The van der Waals surface area contributed by atoms with Crippen LogP contribution >= 0.6 is 11.8 Å². The van der Waals surface area contributed by atoms with Gasteiger partial charge in [0.15, 0.2) is 5.16 Å². The highest BCUT2D eigenvalue weighted by Crippen LogP contribution is 2.43. The topological polar surface area (TPSA) is 93.3 Å². The molecule has 1 atom stereocenters. The SMILES string of the molecule is CCSc1nc2c(c(=O)[nH]1)C(c1ccccc1OC)C(C(=O)OC(C)C)=C(C)N2. The van der Waals surface area contributed by atoms with Gasteiger partial charge < -0.3 is 19.8 Å². The summed E-state index contributed by atoms with van der Waals surface area (Å²) in [6, 6.07) is 7.35. The number of ether oxygens (including phenoxy) is 2. The largest absolute Gasteiger partial charge is 0.496 e. The fraction of sp³-hybridized carbons (Fsp3) is 0.381. The third kappa shape index (κ3) is 4.17. The van der Waals surface area contributed by atoms with E-state index in [-0.39, 0.29) is 11.7 Å². The van der Waals surface area contributed by atoms with Crippen LogP contribution in [-0.2, 0) is 9.53 Å². The molecule has 1 aliphatic rings. The van der Waals surface area contributed by atoms with Gasteiger partial charge in [0.2, 0.25) is 0 Å². The van der Waals surface area contributed by atoms with E-state index in [4.69, 9.17) is 9.47 Å². The lowest BCUT2D eigenvalue weighted by atomic mass is 9.82. The molecule has 0 aliphatic carbocycles. The zero-order valence-electron chi connectivity index (χ0n) is 17.2. The molecule has 8 heteroatoms. The maximum atomic E-state index is 13.1. The van der Waals surface area contributed by atoms with Crippen molar-refractivity contribution in [2.45, 2.75) is 44.9 Å². The minimum absolute atomic E-state index is 0.290. The molecule has 0 amide bonds. The molecule has 2 aromatic rings. The molecule has 0 saturated heterocycles. The van der Waals surface area contributed by atoms with Gasteiger partial charge in [0.05, 0.1) is 30.3 Å². The number of aromatic amines is 1. The van der Waals surface area contributed by atoms with Crippen molar-refractivity contribution in [3.63, 3.8) is 0 Å². The van der Waals surface area contributed by atoms with Crippen molar-refractivity contribution in [3.05, 3.63) is 57.0 Å². The lowest BCUT2D eigenvalue weighted by Crippen LogP contribution is -2.32. The number of anilines is 1. The number of methoxy groups -OCH3 is 1. The molecule has 0 radical (unpaired) electrons. The van der Waals surface area contributed by atoms with E-state index in [1.54, 1.807) is 33.9 Å². The number of carbonyl (C=O) groups excluding carboxylic acids is 1. The highest BCUT2D eigenvalue weighted by molar-refractivity contribution is 7.99. The van der Waals surface area contributed by atoms with Gasteiger partial charge in [0.25, 0.3) is 5.56 Å². The molecule has 0 bridgehead atoms. The Labute approximate surface area is 173 Å². The van der Waals surface area contributed by atoms with Crippen molar-refractivity contribution in [3.8, 4) is 5.75 Å². The summed E-state index contributed by atoms with van der Waals surface area (Å²) in [5.41, 5.74) is 1.76. The molecular formula is C21H25N3O4S. The fourth-order valence-electron chi connectivity index (χ4n) is 3.40. The van der Waals surface area contributed by atoms with Crippen LogP contribution in [0.1, 0.15) is 44.7 Å². The molecule has 0 saturated carbocycles. The number of allylic oxidation sites excluding steroid dienone is 1. The Morgan fingerprint density at radius 1 is 1.31 bits per heavy atom. The van der Waals surface area contributed by atoms with Crippen LogP contribution in [0.3, 0.4) is 0 Å². The molecule has 0 spiro atoms. The first kappa shape index (κ1) is 21.0. The van der Waals surface area contributed by atoms with Gasteiger partial charge in [0, 0.05) is 11.3 Å². The monoisotopic (exact) mass is 415 g/mol. The number of benzene rings is 1. The van der Waals surface area contributed by atoms with Gasteiger partial charge in [-0.05, 0) is 32.6 Å². The number of nitrogens with one attached hydrogen (secondary N) is 2. The number of carbonyl (C=O) groups is 1. The smallest absolute Gasteiger partial charge is 0.337 e. The van der Waals surface area contributed by atoms with Crippen LogP contribution in [0.5, 0.6) is 5.75 Å². The van der Waals surface area contributed by atoms with Crippen molar-refractivity contribution >= 4 is 23.5 Å². The zero-order chi connectivity index (χ0) is 21.1. The number of fused-ring (bicyclic) bond motifs is 1. The van der Waals surface area contributed by atoms with E-state index in [9.17, 15) is 9.59 Å². The predicted molar refractivity (Wildman–Crippen MR) is 114 cm³/mol. The van der Waals surface area contributed by atoms with E-state index in [1.165, 1.54) is 11.8 Å². The highest BCUT2D eigenvalue weighted by atomic mass is 32.2. The summed E-state index contributed by atoms with van der Waals surface area (Å²) >= 11 is 1.44. The number of thioether (sulfide) groups is 1. The average molecular weight is 416 g/mol. The van der Waals surface area contributed by atoms with Crippen molar-refractivity contribution in [1.29, 1.82) is 0 Å². The van der Waals surface area contributed by atoms with E-state index in [2.05, 4.69) is 15.3 Å². The number of hydrogen-bond donors (Lipinski definition) is 2. The number of hydrogen-bond acceptors (Lipinski definition) is 7. The minimum atomic E-state index is -0.662. The molecule has 7 nitrogen and oxygen atoms in total. The van der Waals surface area contributed by atoms with Crippen molar-refractivity contribution < 1.29 is 14.3 Å². The van der Waals surface area contributed by atoms with Crippen molar-refractivity contribution in [2.24, 2.45) is 0 Å². The van der Waals surface area contributed by atoms with Gasteiger partial charge >= 0.3 is 5.97 Å². The Bertz CT molecular complexity index is 1010. The maximum absolute atomic E-state index is 13.1. The molecule has 3 rings (SSSR count). The third-order valence-corrected chi connectivity index (χ3v) is 5.27. The number of para-hydroxylation sites is 1. The van der Waals surface area contributed by atoms with Gasteiger partial charge in [-0.3, -0.25) is 4.79 Å². The van der Waals surface area contributed by atoms with Gasteiger partial charge in [-0.25, -0.2) is 9.78 Å². The Hall–Kier alpha value is -2.74. The highest BCUT2D eigenvalue weighted by Gasteiger charge is 2.38. The molecular weight excluding hydrogens is 390 g/mol. The van der Waals surface area contributed by atoms with Crippen molar-refractivity contribution in [2.75, 3.05) is 18.2 Å². The van der Waals surface area contributed by atoms with E-state index in [0.717, 1.165) is 5.75 Å². The summed E-state index contributed by atoms with van der Waals surface area (Å²) in [5.74, 6) is 0.667. The van der Waals surface area contributed by atoms with Crippen LogP contribution in [0, 0.1) is 0 Å². The Kier molecular flexibility index (Phi) is 6.32. The van der Waals surface area contributed by atoms with E-state index in [0.29, 0.717) is 39.1 Å². The summed E-state index contributed by atoms with van der Waals surface area (Å²) in [6.45, 7) is 7.36. The second-order valence-corrected chi connectivity index (χ2v) is 8.11. The van der Waals surface area contributed by atoms with Crippen LogP contribution in [0.25, 0.3) is 0 Å². The first-order chi connectivity index (χ1) is 13.9. The quantitative estimate of drug-likeness (QED) is 0.422. The summed E-state index contributed by atoms with van der Waals surface area (Å²) in [7, 11) is 1.56. The van der Waals surface area contributed by atoms with E-state index >= 15 is 0 Å². The van der Waals surface area contributed by atoms with E-state index in [1.807, 2.05) is 25.1 Å². The molecule has 0 fully saturated rings. The lowest BCUT2D eigenvalue weighted by Gasteiger charge is -2.30. The number of H-pyrrole nitrogens is 1. The molecule has 1 unspecified atom stereocenters. The number of nitrogens with zero attached hydrogens (tertiary/aromatic N) is 1. The molecule has 154 valence electrons. The third-order valence-electron chi connectivity index (χ3n) is 4.51. The van der Waals surface area contributed by atoms with Crippen LogP contribution < -0.4 is 15.6 Å². The minimum Gasteiger partial charge on any atom is -0.496 e. The molecule has 2 N–H and O–H groups in total. The second-order valence-electron chi connectivity index (χ2n) is 6.86. The summed E-state index contributed by atoms with van der Waals surface area (Å²) < 4.78 is 11.0. The summed E-state index contributed by atoms with van der Waals surface area (Å²) in [4.78, 5) is 33.5. The second kappa shape index (κ2) is 8.73. The van der Waals surface area contributed by atoms with Gasteiger partial charge in [0.1, 0.15) is 11.6 Å². The first-order valence-corrected chi connectivity index (χ1v) is 10.4. The molecule has 29 heavy (non-hydrogen) atoms. The van der Waals surface area contributed by atoms with Crippen LogP contribution in [-0.4, -0.2) is 34.9 Å². The fourth-order valence-corrected chi connectivity index (χ4v) is 3.99. The van der Waals surface area contributed by atoms with Crippen LogP contribution in [0.4, 0.5) is 5.82 Å². The van der Waals surface area contributed by atoms with E-state index < -0.39 is 11.9 Å². The normalized spacial score (nSPS) is 15.7. The predicted octanol–water partition coefficient (Wildman–Crippen LogP) is 3.67. The number of aromatic nitrogens is 2. The Balaban J connectivity index is 2.26.